The first-order chi connectivity index (χ1) is 9.54. The van der Waals surface area contributed by atoms with Crippen LogP contribution in [0.1, 0.15) is 38.3 Å². The van der Waals surface area contributed by atoms with E-state index in [2.05, 4.69) is 16.9 Å². The zero-order valence-electron chi connectivity index (χ0n) is 11.9. The average Bonchev–Trinajstić information content (AvgIpc) is 2.44. The molecule has 0 aromatic carbocycles. The Balaban J connectivity index is 1.90. The molecular weight excluding hydrogens is 280 g/mol. The second-order valence-electron chi connectivity index (χ2n) is 5.42. The number of aryl methyl sites for hydroxylation is 1. The van der Waals surface area contributed by atoms with E-state index in [0.29, 0.717) is 17.5 Å². The highest BCUT2D eigenvalue weighted by Crippen LogP contribution is 2.34. The summed E-state index contributed by atoms with van der Waals surface area (Å²) < 4.78 is 11.6. The number of nitrogens with zero attached hydrogens (tertiary/aromatic N) is 2. The quantitative estimate of drug-likeness (QED) is 0.905. The highest BCUT2D eigenvalue weighted by molar-refractivity contribution is 6.32. The van der Waals surface area contributed by atoms with Crippen LogP contribution in [0.4, 0.5) is 0 Å². The van der Waals surface area contributed by atoms with E-state index in [-0.39, 0.29) is 18.3 Å². The summed E-state index contributed by atoms with van der Waals surface area (Å²) in [4.78, 5) is 8.11. The molecule has 1 fully saturated rings. The molecule has 0 atom stereocenters. The van der Waals surface area contributed by atoms with Gasteiger partial charge in [-0.05, 0) is 39.5 Å². The van der Waals surface area contributed by atoms with E-state index in [1.807, 2.05) is 6.92 Å². The maximum atomic E-state index is 8.84. The number of aromatic nitrogens is 2. The molecule has 20 heavy (non-hydrogen) atoms. The molecule has 0 aliphatic heterocycles. The SMILES string of the molecule is Cc1ncnc(OC2CCC(C)(OCCO)CC2)c1Cl. The molecule has 0 unspecified atom stereocenters. The number of aliphatic hydroxyl groups is 1. The van der Waals surface area contributed by atoms with Gasteiger partial charge in [-0.2, -0.15) is 0 Å². The Kier molecular flexibility index (Phi) is 5.18. The zero-order valence-corrected chi connectivity index (χ0v) is 12.7. The Hall–Kier alpha value is -0.910. The van der Waals surface area contributed by atoms with Crippen LogP contribution in [0.25, 0.3) is 0 Å². The van der Waals surface area contributed by atoms with E-state index in [1.54, 1.807) is 0 Å². The maximum Gasteiger partial charge on any atom is 0.236 e. The number of hydrogen-bond donors (Lipinski definition) is 1. The Labute approximate surface area is 124 Å². The number of rotatable bonds is 5. The van der Waals surface area contributed by atoms with Crippen molar-refractivity contribution < 1.29 is 14.6 Å². The molecule has 0 saturated heterocycles. The number of aliphatic hydroxyl groups excluding tert-OH is 1. The molecule has 0 spiro atoms. The van der Waals surface area contributed by atoms with Gasteiger partial charge in [-0.15, -0.1) is 0 Å². The monoisotopic (exact) mass is 300 g/mol. The summed E-state index contributed by atoms with van der Waals surface area (Å²) in [6, 6.07) is 0. The van der Waals surface area contributed by atoms with E-state index < -0.39 is 0 Å². The molecule has 1 N–H and O–H groups in total. The van der Waals surface area contributed by atoms with Gasteiger partial charge < -0.3 is 14.6 Å². The largest absolute Gasteiger partial charge is 0.473 e. The van der Waals surface area contributed by atoms with Gasteiger partial charge in [0.15, 0.2) is 0 Å². The van der Waals surface area contributed by atoms with Crippen molar-refractivity contribution in [3.63, 3.8) is 0 Å². The minimum Gasteiger partial charge on any atom is -0.473 e. The van der Waals surface area contributed by atoms with Gasteiger partial charge in [-0.1, -0.05) is 11.6 Å². The van der Waals surface area contributed by atoms with Crippen LogP contribution in [0.15, 0.2) is 6.33 Å². The first kappa shape index (κ1) is 15.5. The molecule has 1 aliphatic rings. The van der Waals surface area contributed by atoms with Crippen molar-refractivity contribution in [3.05, 3.63) is 17.0 Å². The molecule has 1 aliphatic carbocycles. The normalized spacial score (nSPS) is 26.5. The molecule has 2 rings (SSSR count). The van der Waals surface area contributed by atoms with Crippen LogP contribution in [0.5, 0.6) is 5.88 Å². The Morgan fingerprint density at radius 1 is 1.40 bits per heavy atom. The fourth-order valence-electron chi connectivity index (χ4n) is 2.43. The Morgan fingerprint density at radius 2 is 2.10 bits per heavy atom. The molecule has 0 radical (unpaired) electrons. The number of hydrogen-bond acceptors (Lipinski definition) is 5. The lowest BCUT2D eigenvalue weighted by Gasteiger charge is -2.37. The van der Waals surface area contributed by atoms with Crippen LogP contribution in [-0.4, -0.2) is 40.0 Å². The third-order valence-electron chi connectivity index (χ3n) is 3.74. The summed E-state index contributed by atoms with van der Waals surface area (Å²) in [7, 11) is 0. The smallest absolute Gasteiger partial charge is 0.236 e. The molecule has 5 nitrogen and oxygen atoms in total. The third kappa shape index (κ3) is 3.81. The fraction of sp³-hybridized carbons (Fsp3) is 0.714. The van der Waals surface area contributed by atoms with Gasteiger partial charge >= 0.3 is 0 Å². The lowest BCUT2D eigenvalue weighted by atomic mass is 9.84. The van der Waals surface area contributed by atoms with Gasteiger partial charge in [0.05, 0.1) is 24.5 Å². The summed E-state index contributed by atoms with van der Waals surface area (Å²) in [5.41, 5.74) is 0.567. The standard InChI is InChI=1S/C14H21ClN2O3/c1-10-12(15)13(17-9-16-10)20-11-3-5-14(2,6-4-11)19-8-7-18/h9,11,18H,3-8H2,1-2H3. The molecule has 112 valence electrons. The summed E-state index contributed by atoms with van der Waals surface area (Å²) in [5, 5.41) is 9.32. The molecule has 1 saturated carbocycles. The number of ether oxygens (including phenoxy) is 2. The highest BCUT2D eigenvalue weighted by atomic mass is 35.5. The topological polar surface area (TPSA) is 64.5 Å². The average molecular weight is 301 g/mol. The van der Waals surface area contributed by atoms with Crippen molar-refractivity contribution in [2.24, 2.45) is 0 Å². The van der Waals surface area contributed by atoms with Crippen LogP contribution in [-0.2, 0) is 4.74 Å². The van der Waals surface area contributed by atoms with Crippen LogP contribution in [0, 0.1) is 6.92 Å². The van der Waals surface area contributed by atoms with Crippen LogP contribution < -0.4 is 4.74 Å². The molecular formula is C14H21ClN2O3. The van der Waals surface area contributed by atoms with Crippen molar-refractivity contribution in [1.29, 1.82) is 0 Å². The van der Waals surface area contributed by atoms with Gasteiger partial charge in [-0.25, -0.2) is 9.97 Å². The van der Waals surface area contributed by atoms with E-state index in [0.717, 1.165) is 31.4 Å². The van der Waals surface area contributed by atoms with Gasteiger partial charge in [0, 0.05) is 0 Å². The van der Waals surface area contributed by atoms with E-state index in [1.165, 1.54) is 6.33 Å². The van der Waals surface area contributed by atoms with Crippen molar-refractivity contribution in [3.8, 4) is 5.88 Å². The molecule has 0 bridgehead atoms. The van der Waals surface area contributed by atoms with Crippen molar-refractivity contribution in [2.45, 2.75) is 51.2 Å². The van der Waals surface area contributed by atoms with Crippen LogP contribution in [0.2, 0.25) is 5.02 Å². The lowest BCUT2D eigenvalue weighted by Crippen LogP contribution is -2.38. The molecule has 1 aromatic heterocycles. The minimum absolute atomic E-state index is 0.0609. The summed E-state index contributed by atoms with van der Waals surface area (Å²) in [6.07, 6.45) is 5.16. The van der Waals surface area contributed by atoms with E-state index in [4.69, 9.17) is 26.2 Å². The van der Waals surface area contributed by atoms with Crippen molar-refractivity contribution in [2.75, 3.05) is 13.2 Å². The van der Waals surface area contributed by atoms with E-state index >= 15 is 0 Å². The highest BCUT2D eigenvalue weighted by Gasteiger charge is 2.33. The van der Waals surface area contributed by atoms with Crippen molar-refractivity contribution in [1.82, 2.24) is 9.97 Å². The first-order valence-electron chi connectivity index (χ1n) is 6.93. The first-order valence-corrected chi connectivity index (χ1v) is 7.30. The zero-order chi connectivity index (χ0) is 14.6. The van der Waals surface area contributed by atoms with Gasteiger partial charge in [0.25, 0.3) is 0 Å². The summed E-state index contributed by atoms with van der Waals surface area (Å²) >= 11 is 6.13. The molecule has 1 heterocycles. The van der Waals surface area contributed by atoms with Crippen molar-refractivity contribution >= 4 is 11.6 Å². The van der Waals surface area contributed by atoms with E-state index in [9.17, 15) is 0 Å². The number of halogens is 1. The van der Waals surface area contributed by atoms with Crippen LogP contribution in [0.3, 0.4) is 0 Å². The predicted molar refractivity (Wildman–Crippen MR) is 76.1 cm³/mol. The predicted octanol–water partition coefficient (Wildman–Crippen LogP) is 2.53. The molecule has 1 aromatic rings. The van der Waals surface area contributed by atoms with Gasteiger partial charge in [-0.3, -0.25) is 0 Å². The summed E-state index contributed by atoms with van der Waals surface area (Å²) in [6.45, 7) is 4.36. The van der Waals surface area contributed by atoms with Gasteiger partial charge in [0.2, 0.25) is 5.88 Å². The Bertz CT molecular complexity index is 448. The fourth-order valence-corrected chi connectivity index (χ4v) is 2.57. The lowest BCUT2D eigenvalue weighted by molar-refractivity contribution is -0.0824. The Morgan fingerprint density at radius 3 is 2.75 bits per heavy atom. The van der Waals surface area contributed by atoms with Gasteiger partial charge in [0.1, 0.15) is 17.5 Å². The second-order valence-corrected chi connectivity index (χ2v) is 5.80. The summed E-state index contributed by atoms with van der Waals surface area (Å²) in [5.74, 6) is 0.462. The van der Waals surface area contributed by atoms with Crippen LogP contribution >= 0.6 is 11.6 Å². The minimum atomic E-state index is -0.159. The molecule has 6 heteroatoms. The second kappa shape index (κ2) is 6.70. The third-order valence-corrected chi connectivity index (χ3v) is 4.18. The maximum absolute atomic E-state index is 8.84. The molecule has 0 amide bonds.